The summed E-state index contributed by atoms with van der Waals surface area (Å²) in [5.41, 5.74) is 9.57. The molecule has 0 unspecified atom stereocenters. The minimum atomic E-state index is -0.739. The standard InChI is InChI=1S/C24H24FN5OS/c1-14-2-5-27-12-17(14)19-8-15-9-20(28-13-18(15)22(26)29-19)30-23(31)21(25)16-10-24(11-16)3-6-32-7-4-24/h2,5,8-9,12-13H,3-4,6-7,10-11H2,1H3,(H2,26,29)(H,28,30,31). The first-order valence-corrected chi connectivity index (χ1v) is 11.8. The van der Waals surface area contributed by atoms with Crippen LogP contribution in [0.25, 0.3) is 22.0 Å². The monoisotopic (exact) mass is 449 g/mol. The first-order valence-electron chi connectivity index (χ1n) is 10.7. The predicted octanol–water partition coefficient (Wildman–Crippen LogP) is 5.05. The van der Waals surface area contributed by atoms with Gasteiger partial charge in [-0.1, -0.05) is 0 Å². The van der Waals surface area contributed by atoms with E-state index in [1.54, 1.807) is 24.7 Å². The number of nitrogens with zero attached hydrogens (tertiary/aromatic N) is 3. The molecule has 1 saturated carbocycles. The van der Waals surface area contributed by atoms with Gasteiger partial charge in [-0.15, -0.1) is 0 Å². The second-order valence-electron chi connectivity index (χ2n) is 8.71. The molecule has 5 rings (SSSR count). The number of nitrogen functional groups attached to an aromatic ring is 1. The summed E-state index contributed by atoms with van der Waals surface area (Å²) in [5, 5.41) is 4.03. The maximum Gasteiger partial charge on any atom is 0.285 e. The first-order chi connectivity index (χ1) is 15.4. The second-order valence-corrected chi connectivity index (χ2v) is 9.94. The zero-order chi connectivity index (χ0) is 22.3. The molecule has 164 valence electrons. The molecule has 0 aromatic carbocycles. The Kier molecular flexibility index (Phi) is 5.33. The first kappa shape index (κ1) is 20.9. The summed E-state index contributed by atoms with van der Waals surface area (Å²) in [6.45, 7) is 1.98. The van der Waals surface area contributed by atoms with Crippen molar-refractivity contribution >= 4 is 40.1 Å². The number of nitrogens with two attached hydrogens (primary N) is 1. The third-order valence-electron chi connectivity index (χ3n) is 6.54. The van der Waals surface area contributed by atoms with Crippen molar-refractivity contribution in [3.63, 3.8) is 0 Å². The van der Waals surface area contributed by atoms with Crippen molar-refractivity contribution in [1.29, 1.82) is 0 Å². The molecule has 2 fully saturated rings. The number of carbonyl (C=O) groups excluding carboxylic acids is 1. The van der Waals surface area contributed by atoms with Crippen LogP contribution in [-0.2, 0) is 4.79 Å². The van der Waals surface area contributed by atoms with Crippen LogP contribution in [0.5, 0.6) is 0 Å². The van der Waals surface area contributed by atoms with Crippen molar-refractivity contribution in [3.8, 4) is 11.3 Å². The van der Waals surface area contributed by atoms with Crippen LogP contribution in [0.1, 0.15) is 31.2 Å². The van der Waals surface area contributed by atoms with Crippen LogP contribution < -0.4 is 11.1 Å². The Morgan fingerprint density at radius 3 is 2.75 bits per heavy atom. The molecule has 0 atom stereocenters. The van der Waals surface area contributed by atoms with Gasteiger partial charge in [0.25, 0.3) is 5.91 Å². The topological polar surface area (TPSA) is 93.8 Å². The number of hydrogen-bond acceptors (Lipinski definition) is 6. The summed E-state index contributed by atoms with van der Waals surface area (Å²) < 4.78 is 14.8. The van der Waals surface area contributed by atoms with Gasteiger partial charge in [0.05, 0.1) is 5.69 Å². The molecule has 8 heteroatoms. The van der Waals surface area contributed by atoms with Gasteiger partial charge in [0.1, 0.15) is 11.6 Å². The van der Waals surface area contributed by atoms with E-state index in [1.807, 2.05) is 30.8 Å². The second kappa shape index (κ2) is 8.16. The lowest BCUT2D eigenvalue weighted by atomic mass is 9.62. The number of carbonyl (C=O) groups is 1. The van der Waals surface area contributed by atoms with Crippen LogP contribution >= 0.6 is 11.8 Å². The molecule has 3 N–H and O–H groups in total. The molecule has 4 heterocycles. The average Bonchev–Trinajstić information content (AvgIpc) is 2.77. The van der Waals surface area contributed by atoms with Crippen molar-refractivity contribution in [2.24, 2.45) is 5.41 Å². The van der Waals surface area contributed by atoms with E-state index >= 15 is 0 Å². The summed E-state index contributed by atoms with van der Waals surface area (Å²) in [7, 11) is 0. The van der Waals surface area contributed by atoms with Gasteiger partial charge in [-0.2, -0.15) is 11.8 Å². The molecule has 0 radical (unpaired) electrons. The van der Waals surface area contributed by atoms with E-state index in [0.29, 0.717) is 35.3 Å². The Labute approximate surface area is 189 Å². The number of aryl methyl sites for hydroxylation is 1. The van der Waals surface area contributed by atoms with Crippen molar-refractivity contribution in [2.45, 2.75) is 32.6 Å². The number of thioether (sulfide) groups is 1. The lowest BCUT2D eigenvalue weighted by Gasteiger charge is -2.46. The average molecular weight is 450 g/mol. The fourth-order valence-corrected chi connectivity index (χ4v) is 5.97. The molecule has 1 amide bonds. The van der Waals surface area contributed by atoms with Crippen LogP contribution in [0.4, 0.5) is 16.0 Å². The molecule has 2 aliphatic rings. The van der Waals surface area contributed by atoms with Gasteiger partial charge in [0.2, 0.25) is 0 Å². The molecule has 32 heavy (non-hydrogen) atoms. The zero-order valence-corrected chi connectivity index (χ0v) is 18.6. The lowest BCUT2D eigenvalue weighted by Crippen LogP contribution is -2.36. The molecule has 0 bridgehead atoms. The lowest BCUT2D eigenvalue weighted by molar-refractivity contribution is -0.114. The van der Waals surface area contributed by atoms with Crippen LogP contribution in [0.3, 0.4) is 0 Å². The Morgan fingerprint density at radius 1 is 1.22 bits per heavy atom. The highest BCUT2D eigenvalue weighted by molar-refractivity contribution is 7.99. The van der Waals surface area contributed by atoms with Gasteiger partial charge < -0.3 is 11.1 Å². The maximum absolute atomic E-state index is 14.8. The maximum atomic E-state index is 14.8. The largest absolute Gasteiger partial charge is 0.383 e. The molecular weight excluding hydrogens is 425 g/mol. The minimum absolute atomic E-state index is 0.213. The summed E-state index contributed by atoms with van der Waals surface area (Å²) in [6, 6.07) is 5.47. The number of halogens is 1. The molecule has 1 aliphatic heterocycles. The highest BCUT2D eigenvalue weighted by atomic mass is 32.2. The van der Waals surface area contributed by atoms with Crippen molar-refractivity contribution in [2.75, 3.05) is 22.6 Å². The fraction of sp³-hybridized carbons (Fsp3) is 0.333. The number of rotatable bonds is 3. The summed E-state index contributed by atoms with van der Waals surface area (Å²) in [6.07, 6.45) is 8.61. The number of hydrogen-bond donors (Lipinski definition) is 2. The number of anilines is 2. The van der Waals surface area contributed by atoms with Gasteiger partial charge >= 0.3 is 0 Å². The number of amides is 1. The molecular formula is C24H24FN5OS. The van der Waals surface area contributed by atoms with Crippen LogP contribution in [0.2, 0.25) is 0 Å². The molecule has 6 nitrogen and oxygen atoms in total. The van der Waals surface area contributed by atoms with Gasteiger partial charge in [0.15, 0.2) is 5.83 Å². The van der Waals surface area contributed by atoms with Crippen molar-refractivity contribution in [1.82, 2.24) is 15.0 Å². The van der Waals surface area contributed by atoms with Crippen LogP contribution in [0.15, 0.2) is 48.2 Å². The number of nitrogens with one attached hydrogen (secondary N) is 1. The Hall–Kier alpha value is -3.00. The third kappa shape index (κ3) is 3.83. The van der Waals surface area contributed by atoms with Crippen LogP contribution in [0, 0.1) is 12.3 Å². The van der Waals surface area contributed by atoms with E-state index in [4.69, 9.17) is 5.73 Å². The van der Waals surface area contributed by atoms with Crippen molar-refractivity contribution in [3.05, 3.63) is 53.8 Å². The summed E-state index contributed by atoms with van der Waals surface area (Å²) >= 11 is 1.95. The molecule has 1 spiro atoms. The number of allylic oxidation sites excluding steroid dienone is 1. The fourth-order valence-electron chi connectivity index (χ4n) is 4.61. The van der Waals surface area contributed by atoms with Gasteiger partial charge in [-0.25, -0.2) is 14.4 Å². The third-order valence-corrected chi connectivity index (χ3v) is 7.53. The van der Waals surface area contributed by atoms with Gasteiger partial charge in [-0.05, 0) is 84.2 Å². The summed E-state index contributed by atoms with van der Waals surface area (Å²) in [5.74, 6) is 1.46. The van der Waals surface area contributed by atoms with E-state index in [0.717, 1.165) is 40.9 Å². The minimum Gasteiger partial charge on any atom is -0.383 e. The molecule has 1 aliphatic carbocycles. The van der Waals surface area contributed by atoms with E-state index in [1.165, 1.54) is 0 Å². The number of aromatic nitrogens is 3. The highest BCUT2D eigenvalue weighted by Gasteiger charge is 2.43. The van der Waals surface area contributed by atoms with E-state index in [-0.39, 0.29) is 11.2 Å². The Bertz CT molecular complexity index is 1240. The SMILES string of the molecule is Cc1ccncc1-c1cc2cc(NC(=O)C(F)=C3CC4(CCSCC4)C3)ncc2c(N)n1. The molecule has 1 saturated heterocycles. The number of fused-ring (bicyclic) bond motifs is 1. The molecule has 3 aromatic rings. The predicted molar refractivity (Wildman–Crippen MR) is 127 cm³/mol. The normalized spacial score (nSPS) is 17.2. The van der Waals surface area contributed by atoms with E-state index in [2.05, 4.69) is 20.3 Å². The van der Waals surface area contributed by atoms with E-state index in [9.17, 15) is 9.18 Å². The Balaban J connectivity index is 1.38. The van der Waals surface area contributed by atoms with Crippen molar-refractivity contribution < 1.29 is 9.18 Å². The highest BCUT2D eigenvalue weighted by Crippen LogP contribution is 2.54. The quantitative estimate of drug-likeness (QED) is 0.544. The number of pyridine rings is 3. The van der Waals surface area contributed by atoms with Gasteiger partial charge in [0, 0.05) is 29.5 Å². The van der Waals surface area contributed by atoms with E-state index < -0.39 is 11.7 Å². The van der Waals surface area contributed by atoms with Crippen LogP contribution in [-0.4, -0.2) is 32.4 Å². The smallest absolute Gasteiger partial charge is 0.285 e. The zero-order valence-electron chi connectivity index (χ0n) is 17.8. The molecule has 3 aromatic heterocycles. The van der Waals surface area contributed by atoms with Gasteiger partial charge in [-0.3, -0.25) is 9.78 Å². The Morgan fingerprint density at radius 2 is 2.00 bits per heavy atom. The summed E-state index contributed by atoms with van der Waals surface area (Å²) in [4.78, 5) is 25.4.